The van der Waals surface area contributed by atoms with Crippen molar-refractivity contribution >= 4 is 12.0 Å². The van der Waals surface area contributed by atoms with Gasteiger partial charge < -0.3 is 14.8 Å². The number of carbonyl (C=O) groups excluding carboxylic acids is 1. The number of ether oxygens (including phenoxy) is 2. The Hall–Kier alpha value is -2.79. The van der Waals surface area contributed by atoms with Gasteiger partial charge in [0.2, 0.25) is 5.91 Å². The summed E-state index contributed by atoms with van der Waals surface area (Å²) in [6.45, 7) is 2.89. The average Bonchev–Trinajstić information content (AvgIpc) is 2.74. The third-order valence-corrected chi connectivity index (χ3v) is 5.05. The van der Waals surface area contributed by atoms with Crippen molar-refractivity contribution in [3.05, 3.63) is 65.7 Å². The number of amides is 1. The van der Waals surface area contributed by atoms with Crippen molar-refractivity contribution in [3.8, 4) is 11.5 Å². The lowest BCUT2D eigenvalue weighted by Crippen LogP contribution is -2.43. The highest BCUT2D eigenvalue weighted by atomic mass is 16.5. The molecule has 0 aliphatic carbocycles. The zero-order valence-corrected chi connectivity index (χ0v) is 16.6. The summed E-state index contributed by atoms with van der Waals surface area (Å²) in [5.74, 6) is 1.59. The first-order chi connectivity index (χ1) is 13.7. The Morgan fingerprint density at radius 1 is 1.07 bits per heavy atom. The van der Waals surface area contributed by atoms with Gasteiger partial charge in [-0.15, -0.1) is 0 Å². The lowest BCUT2D eigenvalue weighted by atomic mass is 10.0. The molecule has 1 saturated heterocycles. The maximum atomic E-state index is 12.3. The Morgan fingerprint density at radius 3 is 2.46 bits per heavy atom. The summed E-state index contributed by atoms with van der Waals surface area (Å²) in [7, 11) is 3.31. The molecule has 0 radical (unpaired) electrons. The molecule has 2 aromatic rings. The quantitative estimate of drug-likeness (QED) is 0.747. The molecule has 0 unspecified atom stereocenters. The Labute approximate surface area is 167 Å². The van der Waals surface area contributed by atoms with Crippen LogP contribution in [0.1, 0.15) is 24.0 Å². The fourth-order valence-corrected chi connectivity index (χ4v) is 3.44. The molecule has 3 rings (SSSR count). The van der Waals surface area contributed by atoms with E-state index in [0.717, 1.165) is 49.5 Å². The van der Waals surface area contributed by atoms with Crippen LogP contribution >= 0.6 is 0 Å². The summed E-state index contributed by atoms with van der Waals surface area (Å²) in [6, 6.07) is 16.1. The zero-order valence-electron chi connectivity index (χ0n) is 16.6. The fourth-order valence-electron chi connectivity index (χ4n) is 3.44. The van der Waals surface area contributed by atoms with Crippen molar-refractivity contribution < 1.29 is 14.3 Å². The summed E-state index contributed by atoms with van der Waals surface area (Å²) < 4.78 is 10.5. The van der Waals surface area contributed by atoms with E-state index < -0.39 is 0 Å². The molecule has 28 heavy (non-hydrogen) atoms. The fraction of sp³-hybridized carbons (Fsp3) is 0.348. The molecule has 0 aromatic heterocycles. The molecule has 1 amide bonds. The van der Waals surface area contributed by atoms with E-state index in [-0.39, 0.29) is 11.9 Å². The molecule has 5 nitrogen and oxygen atoms in total. The SMILES string of the molecule is COc1ccc(CN2CCC(NC(=O)C=Cc3ccccc3OC)CC2)cc1. The van der Waals surface area contributed by atoms with Gasteiger partial charge in [-0.1, -0.05) is 30.3 Å². The monoisotopic (exact) mass is 380 g/mol. The second-order valence-corrected chi connectivity index (χ2v) is 6.98. The van der Waals surface area contributed by atoms with E-state index in [0.29, 0.717) is 0 Å². The second kappa shape index (κ2) is 9.95. The van der Waals surface area contributed by atoms with Gasteiger partial charge in [0.1, 0.15) is 11.5 Å². The van der Waals surface area contributed by atoms with Gasteiger partial charge in [-0.05, 0) is 42.7 Å². The number of likely N-dealkylation sites (tertiary alicyclic amines) is 1. The van der Waals surface area contributed by atoms with Gasteiger partial charge in [0.15, 0.2) is 0 Å². The summed E-state index contributed by atoms with van der Waals surface area (Å²) in [5.41, 5.74) is 2.18. The molecule has 1 aliphatic heterocycles. The largest absolute Gasteiger partial charge is 0.497 e. The highest BCUT2D eigenvalue weighted by Crippen LogP contribution is 2.19. The number of rotatable bonds is 7. The van der Waals surface area contributed by atoms with Crippen LogP contribution in [0, 0.1) is 0 Å². The van der Waals surface area contributed by atoms with Crippen molar-refractivity contribution in [3.63, 3.8) is 0 Å². The predicted molar refractivity (Wildman–Crippen MR) is 111 cm³/mol. The van der Waals surface area contributed by atoms with Crippen LogP contribution in [0.5, 0.6) is 11.5 Å². The van der Waals surface area contributed by atoms with Gasteiger partial charge in [0.25, 0.3) is 0 Å². The van der Waals surface area contributed by atoms with E-state index in [9.17, 15) is 4.79 Å². The number of carbonyl (C=O) groups is 1. The summed E-state index contributed by atoms with van der Waals surface area (Å²) >= 11 is 0. The lowest BCUT2D eigenvalue weighted by Gasteiger charge is -2.32. The zero-order chi connectivity index (χ0) is 19.8. The Bertz CT molecular complexity index is 794. The first kappa shape index (κ1) is 20.0. The highest BCUT2D eigenvalue weighted by molar-refractivity contribution is 5.92. The molecular weight excluding hydrogens is 352 g/mol. The van der Waals surface area contributed by atoms with Crippen molar-refractivity contribution in [1.82, 2.24) is 10.2 Å². The number of nitrogens with zero attached hydrogens (tertiary/aromatic N) is 1. The van der Waals surface area contributed by atoms with Crippen LogP contribution in [0.15, 0.2) is 54.6 Å². The molecule has 1 fully saturated rings. The van der Waals surface area contributed by atoms with E-state index >= 15 is 0 Å². The Kier molecular flexibility index (Phi) is 7.09. The number of para-hydroxylation sites is 1. The Morgan fingerprint density at radius 2 is 1.79 bits per heavy atom. The van der Waals surface area contributed by atoms with E-state index in [1.54, 1.807) is 26.4 Å². The van der Waals surface area contributed by atoms with Crippen LogP contribution in [-0.4, -0.2) is 44.2 Å². The van der Waals surface area contributed by atoms with E-state index in [1.165, 1.54) is 5.56 Å². The summed E-state index contributed by atoms with van der Waals surface area (Å²) in [5, 5.41) is 3.12. The number of benzene rings is 2. The molecule has 2 aromatic carbocycles. The molecule has 5 heteroatoms. The van der Waals surface area contributed by atoms with E-state index in [2.05, 4.69) is 22.3 Å². The maximum Gasteiger partial charge on any atom is 0.244 e. The first-order valence-corrected chi connectivity index (χ1v) is 9.65. The van der Waals surface area contributed by atoms with Crippen LogP contribution in [0.4, 0.5) is 0 Å². The van der Waals surface area contributed by atoms with Crippen LogP contribution in [-0.2, 0) is 11.3 Å². The number of nitrogens with one attached hydrogen (secondary N) is 1. The molecule has 0 spiro atoms. The van der Waals surface area contributed by atoms with Crippen LogP contribution in [0.2, 0.25) is 0 Å². The van der Waals surface area contributed by atoms with Gasteiger partial charge in [-0.3, -0.25) is 9.69 Å². The van der Waals surface area contributed by atoms with Gasteiger partial charge in [-0.25, -0.2) is 0 Å². The molecule has 0 atom stereocenters. The third kappa shape index (κ3) is 5.60. The molecule has 1 N–H and O–H groups in total. The minimum Gasteiger partial charge on any atom is -0.497 e. The van der Waals surface area contributed by atoms with Crippen molar-refractivity contribution in [2.45, 2.75) is 25.4 Å². The van der Waals surface area contributed by atoms with Gasteiger partial charge in [0, 0.05) is 37.3 Å². The van der Waals surface area contributed by atoms with E-state index in [4.69, 9.17) is 9.47 Å². The summed E-state index contributed by atoms with van der Waals surface area (Å²) in [6.07, 6.45) is 5.31. The standard InChI is InChI=1S/C23H28N2O3/c1-27-21-10-7-18(8-11-21)17-25-15-13-20(14-16-25)24-23(26)12-9-19-5-3-4-6-22(19)28-2/h3-12,20H,13-17H2,1-2H3,(H,24,26). The van der Waals surface area contributed by atoms with Crippen LogP contribution in [0.25, 0.3) is 6.08 Å². The first-order valence-electron chi connectivity index (χ1n) is 9.65. The molecule has 148 valence electrons. The van der Waals surface area contributed by atoms with Crippen molar-refractivity contribution in [2.24, 2.45) is 0 Å². The predicted octanol–water partition coefficient (Wildman–Crippen LogP) is 3.50. The highest BCUT2D eigenvalue weighted by Gasteiger charge is 2.20. The van der Waals surface area contributed by atoms with Gasteiger partial charge in [-0.2, -0.15) is 0 Å². The Balaban J connectivity index is 1.44. The van der Waals surface area contributed by atoms with Crippen molar-refractivity contribution in [2.75, 3.05) is 27.3 Å². The summed E-state index contributed by atoms with van der Waals surface area (Å²) in [4.78, 5) is 14.7. The third-order valence-electron chi connectivity index (χ3n) is 5.05. The van der Waals surface area contributed by atoms with Gasteiger partial charge >= 0.3 is 0 Å². The number of hydrogen-bond acceptors (Lipinski definition) is 4. The average molecular weight is 380 g/mol. The normalized spacial score (nSPS) is 15.5. The smallest absolute Gasteiger partial charge is 0.244 e. The molecule has 1 heterocycles. The van der Waals surface area contributed by atoms with Gasteiger partial charge in [0.05, 0.1) is 14.2 Å². The molecule has 0 saturated carbocycles. The number of piperidine rings is 1. The molecule has 0 bridgehead atoms. The minimum absolute atomic E-state index is 0.0560. The maximum absolute atomic E-state index is 12.3. The molecular formula is C23H28N2O3. The topological polar surface area (TPSA) is 50.8 Å². The molecule has 1 aliphatic rings. The second-order valence-electron chi connectivity index (χ2n) is 6.98. The van der Waals surface area contributed by atoms with Crippen molar-refractivity contribution in [1.29, 1.82) is 0 Å². The lowest BCUT2D eigenvalue weighted by molar-refractivity contribution is -0.117. The number of methoxy groups -OCH3 is 2. The minimum atomic E-state index is -0.0560. The van der Waals surface area contributed by atoms with Crippen LogP contribution < -0.4 is 14.8 Å². The van der Waals surface area contributed by atoms with Crippen LogP contribution in [0.3, 0.4) is 0 Å². The number of hydrogen-bond donors (Lipinski definition) is 1. The van der Waals surface area contributed by atoms with E-state index in [1.807, 2.05) is 36.4 Å².